The fraction of sp³-hybridized carbons (Fsp3) is 0.875. The number of halogens is 3. The second-order valence-electron chi connectivity index (χ2n) is 3.38. The largest absolute Gasteiger partial charge is 0.380 e. The van der Waals surface area contributed by atoms with E-state index in [1.165, 1.54) is 7.11 Å². The van der Waals surface area contributed by atoms with Crippen molar-refractivity contribution in [2.45, 2.75) is 37.7 Å². The first-order chi connectivity index (χ1) is 5.69. The molecular weight excluding hydrogens is 202 g/mol. The molecule has 0 aromatic heterocycles. The molecule has 0 aromatic rings. The van der Waals surface area contributed by atoms with E-state index in [2.05, 4.69) is 11.6 Å². The van der Waals surface area contributed by atoms with Crippen LogP contribution < -0.4 is 0 Å². The third-order valence-corrected chi connectivity index (χ3v) is 2.03. The van der Waals surface area contributed by atoms with Gasteiger partial charge in [-0.05, 0) is 31.9 Å². The molecule has 0 spiro atoms. The molecule has 0 aromatic carbocycles. The monoisotopic (exact) mass is 214 g/mol. The van der Waals surface area contributed by atoms with E-state index >= 15 is 0 Å². The third kappa shape index (κ3) is 5.16. The van der Waals surface area contributed by atoms with E-state index in [1.807, 2.05) is 0 Å². The van der Waals surface area contributed by atoms with Crippen LogP contribution in [0.5, 0.6) is 0 Å². The van der Waals surface area contributed by atoms with Gasteiger partial charge in [0.1, 0.15) is 0 Å². The zero-order valence-electron chi connectivity index (χ0n) is 7.86. The fourth-order valence-electron chi connectivity index (χ4n) is 0.658. The summed E-state index contributed by atoms with van der Waals surface area (Å²) >= 11 is 4.53. The number of carbonyl (C=O) groups excluding carboxylic acids is 1. The first-order valence-electron chi connectivity index (χ1n) is 3.84. The molecule has 0 rings (SSSR count). The van der Waals surface area contributed by atoms with Crippen molar-refractivity contribution in [3.63, 3.8) is 0 Å². The molecule has 0 aliphatic carbocycles. The Balaban J connectivity index is 3.98. The number of carbonyl (C=O) groups is 1. The lowest BCUT2D eigenvalue weighted by Crippen LogP contribution is -2.27. The summed E-state index contributed by atoms with van der Waals surface area (Å²) in [5.41, 5.74) is -0.572. The van der Waals surface area contributed by atoms with Crippen molar-refractivity contribution in [3.05, 3.63) is 0 Å². The maximum atomic E-state index is 12.2. The Morgan fingerprint density at radius 1 is 1.46 bits per heavy atom. The number of rotatable bonds is 5. The molecule has 2 nitrogen and oxygen atoms in total. The molecule has 0 fully saturated rings. The van der Waals surface area contributed by atoms with Crippen LogP contribution in [0, 0.1) is 0 Å². The van der Waals surface area contributed by atoms with Crippen LogP contribution in [-0.4, -0.2) is 23.9 Å². The molecule has 5 heteroatoms. The van der Waals surface area contributed by atoms with Crippen molar-refractivity contribution in [2.24, 2.45) is 0 Å². The summed E-state index contributed by atoms with van der Waals surface area (Å²) < 4.78 is 29.3. The molecule has 0 N–H and O–H groups in total. The fourth-order valence-corrected chi connectivity index (χ4v) is 0.753. The van der Waals surface area contributed by atoms with Crippen LogP contribution in [0.4, 0.5) is 8.78 Å². The number of ether oxygens (including phenoxy) is 1. The van der Waals surface area contributed by atoms with Crippen molar-refractivity contribution in [1.29, 1.82) is 0 Å². The Hall–Kier alpha value is -0.220. The molecule has 0 saturated carbocycles. The lowest BCUT2D eigenvalue weighted by Gasteiger charge is -2.22. The molecule has 0 unspecified atom stereocenters. The van der Waals surface area contributed by atoms with Crippen molar-refractivity contribution >= 4 is 17.4 Å². The van der Waals surface area contributed by atoms with Crippen molar-refractivity contribution in [2.75, 3.05) is 7.11 Å². The van der Waals surface area contributed by atoms with E-state index in [1.54, 1.807) is 13.8 Å². The standard InChI is InChI=1S/C8H13ClF2O2/c1-7(2,13-3)5-4-6(12)8(9,10)11/h4-5H2,1-3H3. The van der Waals surface area contributed by atoms with E-state index in [0.717, 1.165) is 0 Å². The molecule has 0 aliphatic rings. The van der Waals surface area contributed by atoms with E-state index in [0.29, 0.717) is 0 Å². The zero-order valence-corrected chi connectivity index (χ0v) is 8.62. The van der Waals surface area contributed by atoms with Crippen LogP contribution in [0.15, 0.2) is 0 Å². The summed E-state index contributed by atoms with van der Waals surface area (Å²) in [6.45, 7) is 3.43. The molecule has 0 saturated heterocycles. The van der Waals surface area contributed by atoms with Crippen LogP contribution in [0.3, 0.4) is 0 Å². The first-order valence-corrected chi connectivity index (χ1v) is 4.22. The van der Waals surface area contributed by atoms with E-state index in [9.17, 15) is 13.6 Å². The van der Waals surface area contributed by atoms with Crippen LogP contribution in [0.2, 0.25) is 0 Å². The van der Waals surface area contributed by atoms with Gasteiger partial charge in [-0.25, -0.2) is 0 Å². The molecule has 0 heterocycles. The van der Waals surface area contributed by atoms with Gasteiger partial charge in [0.05, 0.1) is 5.60 Å². The van der Waals surface area contributed by atoms with Gasteiger partial charge in [-0.1, -0.05) is 0 Å². The Kier molecular flexibility index (Phi) is 4.26. The smallest absolute Gasteiger partial charge is 0.379 e. The average Bonchev–Trinajstić information content (AvgIpc) is 1.98. The molecular formula is C8H13ClF2O2. The SMILES string of the molecule is COC(C)(C)CCC(=O)C(F)(F)Cl. The van der Waals surface area contributed by atoms with Crippen LogP contribution >= 0.6 is 11.6 Å². The van der Waals surface area contributed by atoms with E-state index < -0.39 is 16.8 Å². The molecule has 0 atom stereocenters. The number of ketones is 1. The highest BCUT2D eigenvalue weighted by Crippen LogP contribution is 2.25. The van der Waals surface area contributed by atoms with Gasteiger partial charge < -0.3 is 4.74 Å². The highest BCUT2D eigenvalue weighted by Gasteiger charge is 2.35. The second kappa shape index (κ2) is 4.33. The summed E-state index contributed by atoms with van der Waals surface area (Å²) in [5.74, 6) is -1.26. The summed E-state index contributed by atoms with van der Waals surface area (Å²) in [4.78, 5) is 10.7. The van der Waals surface area contributed by atoms with E-state index in [4.69, 9.17) is 4.74 Å². The molecule has 0 aliphatic heterocycles. The summed E-state index contributed by atoms with van der Waals surface area (Å²) in [7, 11) is 1.46. The minimum Gasteiger partial charge on any atom is -0.379 e. The Bertz CT molecular complexity index is 187. The number of methoxy groups -OCH3 is 1. The summed E-state index contributed by atoms with van der Waals surface area (Å²) in [6.07, 6.45) is -0.0536. The van der Waals surface area contributed by atoms with Gasteiger partial charge in [-0.15, -0.1) is 0 Å². The Labute approximate surface area is 81.2 Å². The Morgan fingerprint density at radius 3 is 2.23 bits per heavy atom. The van der Waals surface area contributed by atoms with Crippen molar-refractivity contribution < 1.29 is 18.3 Å². The normalized spacial score (nSPS) is 13.1. The molecule has 0 bridgehead atoms. The number of hydrogen-bond acceptors (Lipinski definition) is 2. The number of alkyl halides is 3. The summed E-state index contributed by atoms with van der Waals surface area (Å²) in [5, 5.41) is -3.75. The quantitative estimate of drug-likeness (QED) is 0.658. The van der Waals surface area contributed by atoms with Crippen LogP contribution in [0.1, 0.15) is 26.7 Å². The lowest BCUT2D eigenvalue weighted by molar-refractivity contribution is -0.134. The minimum atomic E-state index is -3.75. The number of hydrogen-bond donors (Lipinski definition) is 0. The molecule has 0 amide bonds. The van der Waals surface area contributed by atoms with Crippen molar-refractivity contribution in [1.82, 2.24) is 0 Å². The van der Waals surface area contributed by atoms with Gasteiger partial charge in [-0.2, -0.15) is 8.78 Å². The average molecular weight is 215 g/mol. The zero-order chi connectivity index (χ0) is 10.7. The predicted octanol–water partition coefficient (Wildman–Crippen LogP) is 2.59. The minimum absolute atomic E-state index is 0.227. The van der Waals surface area contributed by atoms with Gasteiger partial charge in [0.25, 0.3) is 0 Å². The molecule has 0 radical (unpaired) electrons. The first kappa shape index (κ1) is 12.8. The lowest BCUT2D eigenvalue weighted by atomic mass is 10.0. The highest BCUT2D eigenvalue weighted by molar-refractivity contribution is 6.32. The second-order valence-corrected chi connectivity index (χ2v) is 3.86. The summed E-state index contributed by atoms with van der Waals surface area (Å²) in [6, 6.07) is 0. The van der Waals surface area contributed by atoms with Crippen LogP contribution in [0.25, 0.3) is 0 Å². The van der Waals surface area contributed by atoms with E-state index in [-0.39, 0.29) is 12.8 Å². The third-order valence-electron chi connectivity index (χ3n) is 1.82. The Morgan fingerprint density at radius 2 is 1.92 bits per heavy atom. The number of Topliss-reactive ketones (excluding diaryl/α,β-unsaturated/α-hetero) is 1. The maximum absolute atomic E-state index is 12.2. The van der Waals surface area contributed by atoms with Crippen molar-refractivity contribution in [3.8, 4) is 0 Å². The maximum Gasteiger partial charge on any atom is 0.380 e. The highest BCUT2D eigenvalue weighted by atomic mass is 35.5. The van der Waals surface area contributed by atoms with Gasteiger partial charge in [-0.3, -0.25) is 4.79 Å². The van der Waals surface area contributed by atoms with Gasteiger partial charge in [0.15, 0.2) is 0 Å². The molecule has 78 valence electrons. The van der Waals surface area contributed by atoms with Gasteiger partial charge >= 0.3 is 5.38 Å². The predicted molar refractivity (Wildman–Crippen MR) is 46.1 cm³/mol. The van der Waals surface area contributed by atoms with Crippen LogP contribution in [-0.2, 0) is 9.53 Å². The molecule has 13 heavy (non-hydrogen) atoms. The topological polar surface area (TPSA) is 26.3 Å². The van der Waals surface area contributed by atoms with Gasteiger partial charge in [0.2, 0.25) is 5.78 Å². The van der Waals surface area contributed by atoms with Gasteiger partial charge in [0, 0.05) is 13.5 Å².